The number of rotatable bonds is 4. The van der Waals surface area contributed by atoms with Gasteiger partial charge in [-0.05, 0) is 35.7 Å². The van der Waals surface area contributed by atoms with Gasteiger partial charge in [0, 0.05) is 32.4 Å². The number of amides is 1. The third-order valence-electron chi connectivity index (χ3n) is 5.16. The predicted octanol–water partition coefficient (Wildman–Crippen LogP) is 1.53. The van der Waals surface area contributed by atoms with Crippen molar-refractivity contribution in [3.63, 3.8) is 0 Å². The van der Waals surface area contributed by atoms with Crippen LogP contribution in [0.2, 0.25) is 0 Å². The van der Waals surface area contributed by atoms with E-state index in [0.29, 0.717) is 50.2 Å². The molecular weight excluding hydrogens is 360 g/mol. The maximum Gasteiger partial charge on any atom is 0.272 e. The lowest BCUT2D eigenvalue weighted by Crippen LogP contribution is -2.41. The van der Waals surface area contributed by atoms with E-state index in [1.807, 2.05) is 12.1 Å². The first kappa shape index (κ1) is 18.5. The Labute approximate surface area is 164 Å². The number of nitrogens with zero attached hydrogens (tertiary/aromatic N) is 4. The quantitative estimate of drug-likeness (QED) is 0.791. The molecule has 1 fully saturated rings. The molecule has 1 amide bonds. The highest BCUT2D eigenvalue weighted by Crippen LogP contribution is 2.33. The largest absolute Gasteiger partial charge is 0.493 e. The first-order valence-corrected chi connectivity index (χ1v) is 9.38. The fraction of sp³-hybridized carbons (Fsp3) is 0.450. The molecule has 0 radical (unpaired) electrons. The van der Waals surface area contributed by atoms with E-state index in [9.17, 15) is 4.79 Å². The minimum atomic E-state index is -0.0734. The number of ether oxygens (including phenoxy) is 3. The van der Waals surface area contributed by atoms with Crippen LogP contribution >= 0.6 is 0 Å². The van der Waals surface area contributed by atoms with Crippen molar-refractivity contribution in [2.45, 2.75) is 13.0 Å². The van der Waals surface area contributed by atoms with E-state index in [2.05, 4.69) is 14.9 Å². The molecule has 2 aliphatic heterocycles. The molecule has 8 nitrogen and oxygen atoms in total. The van der Waals surface area contributed by atoms with Crippen LogP contribution in [0.15, 0.2) is 24.4 Å². The van der Waals surface area contributed by atoms with Crippen LogP contribution in [0.1, 0.15) is 21.6 Å². The molecule has 0 atom stereocenters. The number of methoxy groups -OCH3 is 2. The number of aromatic nitrogens is 2. The van der Waals surface area contributed by atoms with Crippen molar-refractivity contribution in [3.8, 4) is 11.5 Å². The predicted molar refractivity (Wildman–Crippen MR) is 103 cm³/mol. The number of morpholine rings is 1. The molecule has 2 aromatic rings. The Balaban J connectivity index is 1.55. The third-order valence-corrected chi connectivity index (χ3v) is 5.16. The number of anilines is 1. The van der Waals surface area contributed by atoms with Crippen LogP contribution < -0.4 is 14.4 Å². The number of hydrogen-bond acceptors (Lipinski definition) is 7. The summed E-state index contributed by atoms with van der Waals surface area (Å²) in [5.41, 5.74) is 2.80. The van der Waals surface area contributed by atoms with Gasteiger partial charge in [0.05, 0.1) is 27.4 Å². The number of carbonyl (C=O) groups is 1. The van der Waals surface area contributed by atoms with Crippen LogP contribution in [0.5, 0.6) is 11.5 Å². The third kappa shape index (κ3) is 3.60. The first-order chi connectivity index (χ1) is 13.7. The van der Waals surface area contributed by atoms with E-state index in [0.717, 1.165) is 24.3 Å². The second kappa shape index (κ2) is 8.02. The van der Waals surface area contributed by atoms with E-state index in [1.165, 1.54) is 5.56 Å². The van der Waals surface area contributed by atoms with Crippen LogP contribution in [0, 0.1) is 0 Å². The number of benzene rings is 1. The summed E-state index contributed by atoms with van der Waals surface area (Å²) in [6, 6.07) is 5.71. The molecule has 0 saturated carbocycles. The van der Waals surface area contributed by atoms with Crippen LogP contribution in [0.3, 0.4) is 0 Å². The summed E-state index contributed by atoms with van der Waals surface area (Å²) in [5.74, 6) is 1.94. The van der Waals surface area contributed by atoms with Gasteiger partial charge in [-0.1, -0.05) is 0 Å². The zero-order chi connectivity index (χ0) is 19.5. The van der Waals surface area contributed by atoms with Crippen molar-refractivity contribution in [2.24, 2.45) is 0 Å². The summed E-state index contributed by atoms with van der Waals surface area (Å²) in [4.78, 5) is 25.5. The summed E-state index contributed by atoms with van der Waals surface area (Å²) in [6.45, 7) is 3.76. The Hall–Kier alpha value is -2.87. The molecule has 0 N–H and O–H groups in total. The highest BCUT2D eigenvalue weighted by Gasteiger charge is 2.24. The van der Waals surface area contributed by atoms with Gasteiger partial charge in [0.15, 0.2) is 11.5 Å². The van der Waals surface area contributed by atoms with E-state index >= 15 is 0 Å². The number of carbonyl (C=O) groups excluding carboxylic acids is 1. The topological polar surface area (TPSA) is 77.0 Å². The molecular formula is C20H24N4O4. The fourth-order valence-corrected chi connectivity index (χ4v) is 3.60. The highest BCUT2D eigenvalue weighted by molar-refractivity contribution is 5.92. The minimum Gasteiger partial charge on any atom is -0.493 e. The maximum absolute atomic E-state index is 12.7. The Morgan fingerprint density at radius 3 is 2.50 bits per heavy atom. The lowest BCUT2D eigenvalue weighted by molar-refractivity contribution is 0.0299. The van der Waals surface area contributed by atoms with Gasteiger partial charge in [0.1, 0.15) is 5.69 Å². The van der Waals surface area contributed by atoms with Gasteiger partial charge in [0.2, 0.25) is 5.95 Å². The molecule has 3 heterocycles. The molecule has 0 unspecified atom stereocenters. The van der Waals surface area contributed by atoms with E-state index in [-0.39, 0.29) is 5.91 Å². The fourth-order valence-electron chi connectivity index (χ4n) is 3.60. The van der Waals surface area contributed by atoms with Gasteiger partial charge in [-0.15, -0.1) is 0 Å². The minimum absolute atomic E-state index is 0.0734. The van der Waals surface area contributed by atoms with Crippen molar-refractivity contribution in [3.05, 3.63) is 41.2 Å². The summed E-state index contributed by atoms with van der Waals surface area (Å²) in [7, 11) is 3.28. The molecule has 0 spiro atoms. The Kier molecular flexibility index (Phi) is 5.29. The van der Waals surface area contributed by atoms with Gasteiger partial charge >= 0.3 is 0 Å². The summed E-state index contributed by atoms with van der Waals surface area (Å²) in [5, 5.41) is 0. The normalized spacial score (nSPS) is 16.5. The number of hydrogen-bond donors (Lipinski definition) is 0. The molecule has 0 bridgehead atoms. The average Bonchev–Trinajstić information content (AvgIpc) is 2.77. The average molecular weight is 384 g/mol. The van der Waals surface area contributed by atoms with E-state index in [1.54, 1.807) is 31.4 Å². The van der Waals surface area contributed by atoms with Gasteiger partial charge in [-0.3, -0.25) is 4.79 Å². The molecule has 4 rings (SSSR count). The van der Waals surface area contributed by atoms with E-state index in [4.69, 9.17) is 14.2 Å². The van der Waals surface area contributed by atoms with Crippen molar-refractivity contribution < 1.29 is 19.0 Å². The van der Waals surface area contributed by atoms with Gasteiger partial charge < -0.3 is 24.0 Å². The Morgan fingerprint density at radius 1 is 1.07 bits per heavy atom. The van der Waals surface area contributed by atoms with Gasteiger partial charge in [0.25, 0.3) is 5.91 Å². The zero-order valence-corrected chi connectivity index (χ0v) is 16.2. The van der Waals surface area contributed by atoms with Crippen molar-refractivity contribution in [2.75, 3.05) is 52.0 Å². The molecule has 0 aliphatic carbocycles. The Morgan fingerprint density at radius 2 is 1.79 bits per heavy atom. The molecule has 1 saturated heterocycles. The second-order valence-electron chi connectivity index (χ2n) is 6.79. The van der Waals surface area contributed by atoms with Gasteiger partial charge in [-0.25, -0.2) is 9.97 Å². The summed E-state index contributed by atoms with van der Waals surface area (Å²) in [6.07, 6.45) is 2.50. The van der Waals surface area contributed by atoms with Crippen LogP contribution in [-0.4, -0.2) is 67.8 Å². The maximum atomic E-state index is 12.7. The van der Waals surface area contributed by atoms with Crippen LogP contribution in [-0.2, 0) is 17.7 Å². The summed E-state index contributed by atoms with van der Waals surface area (Å²) < 4.78 is 16.1. The molecule has 148 valence electrons. The molecule has 28 heavy (non-hydrogen) atoms. The summed E-state index contributed by atoms with van der Waals surface area (Å²) >= 11 is 0. The molecule has 2 aliphatic rings. The van der Waals surface area contributed by atoms with Crippen LogP contribution in [0.25, 0.3) is 0 Å². The first-order valence-electron chi connectivity index (χ1n) is 9.38. The monoisotopic (exact) mass is 384 g/mol. The van der Waals surface area contributed by atoms with Crippen molar-refractivity contribution in [1.82, 2.24) is 14.9 Å². The Bertz CT molecular complexity index is 867. The molecule has 1 aromatic carbocycles. The van der Waals surface area contributed by atoms with Gasteiger partial charge in [-0.2, -0.15) is 0 Å². The molecule has 8 heteroatoms. The lowest BCUT2D eigenvalue weighted by atomic mass is 9.99. The van der Waals surface area contributed by atoms with Crippen LogP contribution in [0.4, 0.5) is 5.95 Å². The number of fused-ring (bicyclic) bond motifs is 1. The van der Waals surface area contributed by atoms with Crippen molar-refractivity contribution >= 4 is 11.9 Å². The standard InChI is InChI=1S/C20H24N4O4/c1-26-17-11-14-4-6-24(13-15(14)12-18(17)27-2)20-21-5-3-16(22-20)19(25)23-7-9-28-10-8-23/h3,5,11-12H,4,6-10,13H2,1-2H3. The SMILES string of the molecule is COc1cc2c(cc1OC)CN(c1nccc(C(=O)N3CCOCC3)n1)CC2. The van der Waals surface area contributed by atoms with Crippen molar-refractivity contribution in [1.29, 1.82) is 0 Å². The highest BCUT2D eigenvalue weighted by atomic mass is 16.5. The second-order valence-corrected chi connectivity index (χ2v) is 6.79. The van der Waals surface area contributed by atoms with E-state index < -0.39 is 0 Å². The lowest BCUT2D eigenvalue weighted by Gasteiger charge is -2.30. The zero-order valence-electron chi connectivity index (χ0n) is 16.2. The smallest absolute Gasteiger partial charge is 0.272 e. The molecule has 1 aromatic heterocycles.